The normalized spacial score (nSPS) is 17.4. The van der Waals surface area contributed by atoms with E-state index in [1.54, 1.807) is 17.1 Å². The number of piperidine rings is 1. The molecule has 0 spiro atoms. The first kappa shape index (κ1) is 15.2. The van der Waals surface area contributed by atoms with Crippen molar-refractivity contribution < 1.29 is 9.32 Å². The van der Waals surface area contributed by atoms with Gasteiger partial charge in [-0.2, -0.15) is 5.10 Å². The molecular formula is C15H16N8O2. The van der Waals surface area contributed by atoms with Gasteiger partial charge in [-0.15, -0.1) is 10.2 Å². The molecule has 1 N–H and O–H groups in total. The molecule has 10 nitrogen and oxygen atoms in total. The van der Waals surface area contributed by atoms with Gasteiger partial charge in [0.1, 0.15) is 18.9 Å². The second-order valence-electron chi connectivity index (χ2n) is 5.75. The Bertz CT molecular complexity index is 816. The van der Waals surface area contributed by atoms with E-state index in [1.807, 2.05) is 12.1 Å². The van der Waals surface area contributed by atoms with Gasteiger partial charge in [-0.3, -0.25) is 4.79 Å². The predicted octanol–water partition coefficient (Wildman–Crippen LogP) is 0.900. The van der Waals surface area contributed by atoms with Crippen LogP contribution in [0.1, 0.15) is 12.8 Å². The van der Waals surface area contributed by atoms with Gasteiger partial charge in [0.2, 0.25) is 5.91 Å². The van der Waals surface area contributed by atoms with Gasteiger partial charge in [-0.1, -0.05) is 5.16 Å². The fourth-order valence-corrected chi connectivity index (χ4v) is 2.84. The van der Waals surface area contributed by atoms with Gasteiger partial charge in [-0.05, 0) is 25.0 Å². The maximum Gasteiger partial charge on any atom is 0.230 e. The van der Waals surface area contributed by atoms with Crippen LogP contribution in [-0.2, 0) is 4.79 Å². The van der Waals surface area contributed by atoms with E-state index in [4.69, 9.17) is 4.52 Å². The summed E-state index contributed by atoms with van der Waals surface area (Å²) >= 11 is 0. The third-order valence-corrected chi connectivity index (χ3v) is 4.10. The van der Waals surface area contributed by atoms with Crippen molar-refractivity contribution >= 4 is 17.5 Å². The Balaban J connectivity index is 1.43. The van der Waals surface area contributed by atoms with Crippen molar-refractivity contribution in [2.45, 2.75) is 12.8 Å². The van der Waals surface area contributed by atoms with Crippen molar-refractivity contribution in [3.63, 3.8) is 0 Å². The lowest BCUT2D eigenvalue weighted by Gasteiger charge is -2.32. The minimum Gasteiger partial charge on any atom is -0.363 e. The third kappa shape index (κ3) is 3.32. The summed E-state index contributed by atoms with van der Waals surface area (Å²) in [5.41, 5.74) is 0. The number of carbonyl (C=O) groups is 1. The van der Waals surface area contributed by atoms with Crippen LogP contribution in [0.5, 0.6) is 0 Å². The van der Waals surface area contributed by atoms with E-state index in [-0.39, 0.29) is 11.8 Å². The molecule has 1 amide bonds. The summed E-state index contributed by atoms with van der Waals surface area (Å²) in [5, 5.41) is 18.9. The number of aromatic nitrogens is 6. The van der Waals surface area contributed by atoms with Gasteiger partial charge in [0.25, 0.3) is 0 Å². The van der Waals surface area contributed by atoms with Gasteiger partial charge in [0.05, 0.1) is 5.92 Å². The SMILES string of the molecule is O=C(Nc1ccon1)[C@@H]1CCCN(c2ccc(-n3cncn3)nn2)C1. The van der Waals surface area contributed by atoms with Gasteiger partial charge < -0.3 is 14.7 Å². The Morgan fingerprint density at radius 1 is 1.24 bits per heavy atom. The topological polar surface area (TPSA) is 115 Å². The van der Waals surface area contributed by atoms with Gasteiger partial charge >= 0.3 is 0 Å². The zero-order valence-electron chi connectivity index (χ0n) is 13.3. The molecule has 1 aliphatic heterocycles. The van der Waals surface area contributed by atoms with Crippen LogP contribution < -0.4 is 10.2 Å². The number of rotatable bonds is 4. The summed E-state index contributed by atoms with van der Waals surface area (Å²) in [6, 6.07) is 5.32. The van der Waals surface area contributed by atoms with Crippen molar-refractivity contribution in [1.82, 2.24) is 30.1 Å². The first-order chi connectivity index (χ1) is 12.3. The van der Waals surface area contributed by atoms with Crippen LogP contribution in [0.15, 0.2) is 41.6 Å². The molecular weight excluding hydrogens is 324 g/mol. The van der Waals surface area contributed by atoms with Crippen LogP contribution in [0.4, 0.5) is 11.6 Å². The molecule has 3 aromatic heterocycles. The van der Waals surface area contributed by atoms with E-state index in [0.717, 1.165) is 25.2 Å². The zero-order valence-corrected chi connectivity index (χ0v) is 13.3. The lowest BCUT2D eigenvalue weighted by molar-refractivity contribution is -0.120. The van der Waals surface area contributed by atoms with Crippen molar-refractivity contribution in [3.8, 4) is 5.82 Å². The fourth-order valence-electron chi connectivity index (χ4n) is 2.84. The summed E-state index contributed by atoms with van der Waals surface area (Å²) in [6.07, 6.45) is 6.16. The van der Waals surface area contributed by atoms with E-state index in [1.165, 1.54) is 12.6 Å². The van der Waals surface area contributed by atoms with Crippen molar-refractivity contribution in [2.24, 2.45) is 5.92 Å². The van der Waals surface area contributed by atoms with Gasteiger partial charge in [0.15, 0.2) is 17.5 Å². The van der Waals surface area contributed by atoms with E-state index >= 15 is 0 Å². The zero-order chi connectivity index (χ0) is 17.1. The number of anilines is 2. The molecule has 0 bridgehead atoms. The van der Waals surface area contributed by atoms with Gasteiger partial charge in [0, 0.05) is 19.2 Å². The van der Waals surface area contributed by atoms with Crippen molar-refractivity contribution in [1.29, 1.82) is 0 Å². The standard InChI is InChI=1S/C15H16N8O2/c24-15(18-12-5-7-25-21-12)11-2-1-6-22(8-11)13-3-4-14(20-19-13)23-10-16-9-17-23/h3-5,7,9-11H,1-2,6,8H2,(H,18,21,24)/t11-/m1/s1. The highest BCUT2D eigenvalue weighted by Crippen LogP contribution is 2.22. The molecule has 3 aromatic rings. The number of carbonyl (C=O) groups excluding carboxylic acids is 1. The molecule has 1 atom stereocenters. The highest BCUT2D eigenvalue weighted by Gasteiger charge is 2.27. The molecule has 4 rings (SSSR count). The average Bonchev–Trinajstić information content (AvgIpc) is 3.36. The number of nitrogens with one attached hydrogen (secondary N) is 1. The largest absolute Gasteiger partial charge is 0.363 e. The molecule has 25 heavy (non-hydrogen) atoms. The number of amides is 1. The molecule has 4 heterocycles. The molecule has 128 valence electrons. The average molecular weight is 340 g/mol. The van der Waals surface area contributed by atoms with Crippen molar-refractivity contribution in [2.75, 3.05) is 23.3 Å². The number of hydrogen-bond acceptors (Lipinski definition) is 8. The van der Waals surface area contributed by atoms with Crippen LogP contribution >= 0.6 is 0 Å². The van der Waals surface area contributed by atoms with Crippen LogP contribution in [0.3, 0.4) is 0 Å². The summed E-state index contributed by atoms with van der Waals surface area (Å²) in [7, 11) is 0. The van der Waals surface area contributed by atoms with E-state index in [0.29, 0.717) is 18.2 Å². The van der Waals surface area contributed by atoms with Crippen LogP contribution in [-0.4, -0.2) is 49.1 Å². The highest BCUT2D eigenvalue weighted by atomic mass is 16.5. The fraction of sp³-hybridized carbons (Fsp3) is 0.333. The highest BCUT2D eigenvalue weighted by molar-refractivity contribution is 5.92. The van der Waals surface area contributed by atoms with E-state index < -0.39 is 0 Å². The summed E-state index contributed by atoms with van der Waals surface area (Å²) in [4.78, 5) is 18.3. The molecule has 0 saturated carbocycles. The quantitative estimate of drug-likeness (QED) is 0.745. The maximum absolute atomic E-state index is 12.4. The van der Waals surface area contributed by atoms with Gasteiger partial charge in [-0.25, -0.2) is 9.67 Å². The molecule has 1 saturated heterocycles. The minimum absolute atomic E-state index is 0.0641. The monoisotopic (exact) mass is 340 g/mol. The second-order valence-corrected chi connectivity index (χ2v) is 5.75. The Labute approximate surface area is 142 Å². The van der Waals surface area contributed by atoms with Crippen LogP contribution in [0.25, 0.3) is 5.82 Å². The lowest BCUT2D eigenvalue weighted by atomic mass is 9.97. The Morgan fingerprint density at radius 3 is 2.84 bits per heavy atom. The lowest BCUT2D eigenvalue weighted by Crippen LogP contribution is -2.41. The third-order valence-electron chi connectivity index (χ3n) is 4.10. The Hall–Kier alpha value is -3.30. The van der Waals surface area contributed by atoms with E-state index in [2.05, 4.69) is 35.7 Å². The summed E-state index contributed by atoms with van der Waals surface area (Å²) in [5.74, 6) is 1.56. The predicted molar refractivity (Wildman–Crippen MR) is 87.0 cm³/mol. The number of hydrogen-bond donors (Lipinski definition) is 1. The first-order valence-electron chi connectivity index (χ1n) is 7.94. The summed E-state index contributed by atoms with van der Waals surface area (Å²) in [6.45, 7) is 1.42. The Kier molecular flexibility index (Phi) is 4.07. The molecule has 0 aliphatic carbocycles. The molecule has 10 heteroatoms. The molecule has 0 aromatic carbocycles. The first-order valence-corrected chi connectivity index (χ1v) is 7.94. The van der Waals surface area contributed by atoms with Crippen LogP contribution in [0, 0.1) is 5.92 Å². The molecule has 0 unspecified atom stereocenters. The minimum atomic E-state index is -0.137. The van der Waals surface area contributed by atoms with E-state index in [9.17, 15) is 4.79 Å². The second kappa shape index (κ2) is 6.67. The molecule has 1 fully saturated rings. The number of nitrogens with zero attached hydrogens (tertiary/aromatic N) is 7. The molecule has 1 aliphatic rings. The Morgan fingerprint density at radius 2 is 2.12 bits per heavy atom. The smallest absolute Gasteiger partial charge is 0.230 e. The van der Waals surface area contributed by atoms with Crippen molar-refractivity contribution in [3.05, 3.63) is 37.1 Å². The maximum atomic E-state index is 12.4. The van der Waals surface area contributed by atoms with Crippen LogP contribution in [0.2, 0.25) is 0 Å². The summed E-state index contributed by atoms with van der Waals surface area (Å²) < 4.78 is 6.27. The molecule has 0 radical (unpaired) electrons.